The van der Waals surface area contributed by atoms with Gasteiger partial charge in [-0.15, -0.1) is 0 Å². The summed E-state index contributed by atoms with van der Waals surface area (Å²) in [7, 11) is 0. The van der Waals surface area contributed by atoms with Crippen molar-refractivity contribution in [3.8, 4) is 0 Å². The van der Waals surface area contributed by atoms with E-state index in [1.807, 2.05) is 13.0 Å². The molecule has 0 bridgehead atoms. The molecule has 0 heterocycles. The molecule has 2 rings (SSSR count). The van der Waals surface area contributed by atoms with Crippen molar-refractivity contribution < 1.29 is 8.78 Å². The summed E-state index contributed by atoms with van der Waals surface area (Å²) < 4.78 is 26.0. The summed E-state index contributed by atoms with van der Waals surface area (Å²) >= 11 is 3.50. The topological polar surface area (TPSA) is 0 Å². The highest BCUT2D eigenvalue weighted by Gasteiger charge is 2.13. The third-order valence-corrected chi connectivity index (χ3v) is 4.08. The lowest BCUT2D eigenvalue weighted by Crippen LogP contribution is -2.06. The fraction of sp³-hybridized carbons (Fsp3) is 0.250. The Morgan fingerprint density at radius 1 is 1.00 bits per heavy atom. The molecule has 0 nitrogen and oxygen atoms in total. The molecule has 2 aromatic rings. The molecule has 0 spiro atoms. The molecule has 0 N–H and O–H groups in total. The minimum atomic E-state index is -0.227. The summed E-state index contributed by atoms with van der Waals surface area (Å²) in [5.41, 5.74) is 3.16. The maximum atomic E-state index is 13.1. The van der Waals surface area contributed by atoms with Crippen molar-refractivity contribution in [2.75, 3.05) is 5.33 Å². The highest BCUT2D eigenvalue weighted by atomic mass is 79.9. The van der Waals surface area contributed by atoms with Gasteiger partial charge < -0.3 is 0 Å². The van der Waals surface area contributed by atoms with Crippen LogP contribution in [0.1, 0.15) is 22.6 Å². The van der Waals surface area contributed by atoms with Gasteiger partial charge in [0.1, 0.15) is 11.6 Å². The summed E-state index contributed by atoms with van der Waals surface area (Å²) in [6, 6.07) is 11.4. The first kappa shape index (κ1) is 14.2. The Balaban J connectivity index is 2.21. The SMILES string of the molecule is Cc1cc(F)ccc1CC(CBr)c1ccc(F)cc1. The van der Waals surface area contributed by atoms with E-state index in [2.05, 4.69) is 15.9 Å². The first-order valence-corrected chi connectivity index (χ1v) is 7.28. The van der Waals surface area contributed by atoms with Gasteiger partial charge in [0, 0.05) is 5.33 Å². The molecule has 0 saturated heterocycles. The Bertz CT molecular complexity index is 549. The van der Waals surface area contributed by atoms with Gasteiger partial charge in [-0.2, -0.15) is 0 Å². The van der Waals surface area contributed by atoms with Crippen LogP contribution < -0.4 is 0 Å². The van der Waals surface area contributed by atoms with Crippen molar-refractivity contribution in [3.63, 3.8) is 0 Å². The van der Waals surface area contributed by atoms with Gasteiger partial charge in [-0.1, -0.05) is 34.1 Å². The maximum absolute atomic E-state index is 13.1. The van der Waals surface area contributed by atoms with Crippen molar-refractivity contribution >= 4 is 15.9 Å². The lowest BCUT2D eigenvalue weighted by molar-refractivity contribution is 0.622. The third-order valence-electron chi connectivity index (χ3n) is 3.30. The molecule has 0 aliphatic rings. The number of rotatable bonds is 4. The van der Waals surface area contributed by atoms with Crippen LogP contribution in [0.3, 0.4) is 0 Å². The van der Waals surface area contributed by atoms with Gasteiger partial charge in [-0.3, -0.25) is 0 Å². The normalized spacial score (nSPS) is 12.4. The van der Waals surface area contributed by atoms with Crippen molar-refractivity contribution in [1.29, 1.82) is 0 Å². The molecule has 0 saturated carbocycles. The predicted molar refractivity (Wildman–Crippen MR) is 77.8 cm³/mol. The zero-order valence-corrected chi connectivity index (χ0v) is 12.3. The molecule has 2 aromatic carbocycles. The number of halogens is 3. The minimum absolute atomic E-state index is 0.210. The van der Waals surface area contributed by atoms with E-state index >= 15 is 0 Å². The summed E-state index contributed by atoms with van der Waals surface area (Å²) in [6.45, 7) is 1.91. The van der Waals surface area contributed by atoms with E-state index in [1.54, 1.807) is 18.2 Å². The maximum Gasteiger partial charge on any atom is 0.123 e. The number of hydrogen-bond acceptors (Lipinski definition) is 0. The minimum Gasteiger partial charge on any atom is -0.207 e. The number of hydrogen-bond donors (Lipinski definition) is 0. The average Bonchev–Trinajstić information content (AvgIpc) is 2.39. The largest absolute Gasteiger partial charge is 0.207 e. The highest BCUT2D eigenvalue weighted by molar-refractivity contribution is 9.09. The van der Waals surface area contributed by atoms with E-state index in [4.69, 9.17) is 0 Å². The van der Waals surface area contributed by atoms with Crippen LogP contribution in [0.4, 0.5) is 8.78 Å². The summed E-state index contributed by atoms with van der Waals surface area (Å²) in [6.07, 6.45) is 0.809. The van der Waals surface area contributed by atoms with Crippen LogP contribution in [0, 0.1) is 18.6 Å². The van der Waals surface area contributed by atoms with Crippen LogP contribution in [-0.2, 0) is 6.42 Å². The Kier molecular flexibility index (Phi) is 4.70. The van der Waals surface area contributed by atoms with E-state index in [9.17, 15) is 8.78 Å². The molecule has 0 aliphatic carbocycles. The van der Waals surface area contributed by atoms with Crippen molar-refractivity contribution in [3.05, 3.63) is 70.8 Å². The van der Waals surface area contributed by atoms with Gasteiger partial charge >= 0.3 is 0 Å². The molecular formula is C16H15BrF2. The Morgan fingerprint density at radius 3 is 2.21 bits per heavy atom. The van der Waals surface area contributed by atoms with Crippen LogP contribution in [0.5, 0.6) is 0 Å². The van der Waals surface area contributed by atoms with Gasteiger partial charge in [-0.25, -0.2) is 8.78 Å². The monoisotopic (exact) mass is 324 g/mol. The van der Waals surface area contributed by atoms with Crippen LogP contribution in [0.2, 0.25) is 0 Å². The lowest BCUT2D eigenvalue weighted by Gasteiger charge is -2.16. The lowest BCUT2D eigenvalue weighted by atomic mass is 9.92. The molecule has 0 radical (unpaired) electrons. The molecule has 1 atom stereocenters. The highest BCUT2D eigenvalue weighted by Crippen LogP contribution is 2.25. The first-order chi connectivity index (χ1) is 9.10. The second-order valence-electron chi connectivity index (χ2n) is 4.68. The zero-order valence-electron chi connectivity index (χ0n) is 10.7. The average molecular weight is 325 g/mol. The van der Waals surface area contributed by atoms with E-state index in [1.165, 1.54) is 18.2 Å². The van der Waals surface area contributed by atoms with Gasteiger partial charge in [0.25, 0.3) is 0 Å². The van der Waals surface area contributed by atoms with Gasteiger partial charge in [0.15, 0.2) is 0 Å². The Morgan fingerprint density at radius 2 is 1.63 bits per heavy atom. The Hall–Kier alpha value is -1.22. The second kappa shape index (κ2) is 6.29. The van der Waals surface area contributed by atoms with Crippen LogP contribution in [0.25, 0.3) is 0 Å². The Labute approximate surface area is 120 Å². The van der Waals surface area contributed by atoms with Gasteiger partial charge in [0.05, 0.1) is 0 Å². The van der Waals surface area contributed by atoms with Crippen molar-refractivity contribution in [1.82, 2.24) is 0 Å². The molecule has 0 fully saturated rings. The molecule has 100 valence electrons. The summed E-state index contributed by atoms with van der Waals surface area (Å²) in [5, 5.41) is 0.787. The first-order valence-electron chi connectivity index (χ1n) is 6.16. The molecular weight excluding hydrogens is 310 g/mol. The second-order valence-corrected chi connectivity index (χ2v) is 5.33. The van der Waals surface area contributed by atoms with Crippen molar-refractivity contribution in [2.24, 2.45) is 0 Å². The molecule has 3 heteroatoms. The van der Waals surface area contributed by atoms with E-state index in [-0.39, 0.29) is 17.6 Å². The van der Waals surface area contributed by atoms with Gasteiger partial charge in [-0.05, 0) is 60.2 Å². The molecule has 1 unspecified atom stereocenters. The molecule has 0 aromatic heterocycles. The molecule has 19 heavy (non-hydrogen) atoms. The number of alkyl halides is 1. The molecule has 0 aliphatic heterocycles. The fourth-order valence-corrected chi connectivity index (χ4v) is 2.75. The quantitative estimate of drug-likeness (QED) is 0.695. The van der Waals surface area contributed by atoms with Crippen LogP contribution in [0.15, 0.2) is 42.5 Å². The predicted octanol–water partition coefficient (Wildman–Crippen LogP) is 4.99. The fourth-order valence-electron chi connectivity index (χ4n) is 2.15. The number of benzene rings is 2. The summed E-state index contributed by atoms with van der Waals surface area (Å²) in [4.78, 5) is 0. The third kappa shape index (κ3) is 3.63. The van der Waals surface area contributed by atoms with Crippen LogP contribution in [-0.4, -0.2) is 5.33 Å². The van der Waals surface area contributed by atoms with Crippen molar-refractivity contribution in [2.45, 2.75) is 19.3 Å². The molecule has 0 amide bonds. The van der Waals surface area contributed by atoms with Crippen LogP contribution >= 0.6 is 15.9 Å². The smallest absolute Gasteiger partial charge is 0.123 e. The number of aryl methyl sites for hydroxylation is 1. The van der Waals surface area contributed by atoms with E-state index in [0.717, 1.165) is 28.4 Å². The summed E-state index contributed by atoms with van der Waals surface area (Å²) in [5.74, 6) is -0.182. The zero-order chi connectivity index (χ0) is 13.8. The van der Waals surface area contributed by atoms with E-state index < -0.39 is 0 Å². The van der Waals surface area contributed by atoms with Gasteiger partial charge in [0.2, 0.25) is 0 Å². The van der Waals surface area contributed by atoms with E-state index in [0.29, 0.717) is 0 Å². The standard InChI is InChI=1S/C16H15BrF2/c1-11-8-16(19)7-4-13(11)9-14(10-17)12-2-5-15(18)6-3-12/h2-8,14H,9-10H2,1H3.